The monoisotopic (exact) mass is 439 g/mol. The Morgan fingerprint density at radius 1 is 1.09 bits per heavy atom. The van der Waals surface area contributed by atoms with Gasteiger partial charge in [0.25, 0.3) is 0 Å². The number of nitrogens with zero attached hydrogens (tertiary/aromatic N) is 2. The number of ether oxygens (including phenoxy) is 1. The largest absolute Gasteiger partial charge is 0.465 e. The molecule has 0 bridgehead atoms. The number of esters is 1. The second kappa shape index (κ2) is 10.4. The summed E-state index contributed by atoms with van der Waals surface area (Å²) < 4.78 is 4.80. The van der Waals surface area contributed by atoms with Crippen LogP contribution < -0.4 is 16.0 Å². The summed E-state index contributed by atoms with van der Waals surface area (Å²) in [5.74, 6) is 0.529. The van der Waals surface area contributed by atoms with E-state index in [1.807, 2.05) is 0 Å². The number of hydrogen-bond donors (Lipinski definition) is 3. The van der Waals surface area contributed by atoms with E-state index in [2.05, 4.69) is 71.0 Å². The maximum absolute atomic E-state index is 11.9. The van der Waals surface area contributed by atoms with Crippen LogP contribution in [0.3, 0.4) is 0 Å². The van der Waals surface area contributed by atoms with Gasteiger partial charge in [0.2, 0.25) is 0 Å². The molecule has 1 aliphatic heterocycles. The van der Waals surface area contributed by atoms with Crippen molar-refractivity contribution in [3.8, 4) is 0 Å². The van der Waals surface area contributed by atoms with Gasteiger partial charge in [0, 0.05) is 24.9 Å². The van der Waals surface area contributed by atoms with Crippen molar-refractivity contribution in [2.24, 2.45) is 0 Å². The fourth-order valence-corrected chi connectivity index (χ4v) is 3.90. The third-order valence-electron chi connectivity index (χ3n) is 5.58. The zero-order chi connectivity index (χ0) is 23.1. The molecule has 0 spiro atoms. The molecular weight excluding hydrogens is 406 g/mol. The van der Waals surface area contributed by atoms with Gasteiger partial charge in [-0.25, -0.2) is 9.78 Å². The highest BCUT2D eigenvalue weighted by Crippen LogP contribution is 2.44. The predicted molar refractivity (Wildman–Crippen MR) is 124 cm³/mol. The average molecular weight is 440 g/mol. The molecule has 8 heteroatoms. The number of carbonyl (C=O) groups is 2. The molecule has 1 aromatic heterocycles. The maximum atomic E-state index is 11.9. The molecule has 1 aliphatic rings. The van der Waals surface area contributed by atoms with E-state index in [9.17, 15) is 9.59 Å². The van der Waals surface area contributed by atoms with Crippen LogP contribution in [0.1, 0.15) is 69.3 Å². The third-order valence-corrected chi connectivity index (χ3v) is 5.58. The Morgan fingerprint density at radius 2 is 1.81 bits per heavy atom. The number of nitrogens with one attached hydrogen (secondary N) is 3. The molecule has 2 atom stereocenters. The van der Waals surface area contributed by atoms with E-state index in [0.717, 1.165) is 24.4 Å². The molecule has 1 aromatic carbocycles. The van der Waals surface area contributed by atoms with Gasteiger partial charge in [-0.3, -0.25) is 9.78 Å². The van der Waals surface area contributed by atoms with Gasteiger partial charge in [0.15, 0.2) is 0 Å². The van der Waals surface area contributed by atoms with Gasteiger partial charge in [-0.05, 0) is 36.3 Å². The standard InChI is InChI=1S/C24H33N5O3/c1-5-32-19(30)15-28-23(31)27-12-6-7-18-20(29-22-21(18)25-13-14-26-22)16-8-10-17(11-9-16)24(2,3)4/h8-11,13-14,18,20H,5-7,12,15H2,1-4H3,(H,26,29)(H2,27,28,31). The zero-order valence-corrected chi connectivity index (χ0v) is 19.3. The van der Waals surface area contributed by atoms with E-state index in [-0.39, 0.29) is 30.0 Å². The Hall–Kier alpha value is -3.16. The first-order valence-electron chi connectivity index (χ1n) is 11.1. The molecule has 0 saturated heterocycles. The van der Waals surface area contributed by atoms with E-state index in [4.69, 9.17) is 4.74 Å². The van der Waals surface area contributed by atoms with Crippen LogP contribution in [0, 0.1) is 0 Å². The molecule has 2 unspecified atom stereocenters. The van der Waals surface area contributed by atoms with Crippen molar-refractivity contribution in [2.45, 2.75) is 57.9 Å². The number of urea groups is 1. The molecule has 172 valence electrons. The fraction of sp³-hybridized carbons (Fsp3) is 0.500. The number of anilines is 1. The Bertz CT molecular complexity index is 924. The minimum atomic E-state index is -0.449. The number of carbonyl (C=O) groups excluding carboxylic acids is 2. The van der Waals surface area contributed by atoms with Gasteiger partial charge in [-0.15, -0.1) is 0 Å². The SMILES string of the molecule is CCOC(=O)CNC(=O)NCCCC1c2nccnc2NC1c1ccc(C(C)(C)C)cc1. The van der Waals surface area contributed by atoms with Crippen molar-refractivity contribution in [1.82, 2.24) is 20.6 Å². The summed E-state index contributed by atoms with van der Waals surface area (Å²) in [7, 11) is 0. The number of benzene rings is 1. The lowest BCUT2D eigenvalue weighted by Crippen LogP contribution is -2.39. The fourth-order valence-electron chi connectivity index (χ4n) is 3.90. The Kier molecular flexibility index (Phi) is 7.66. The second-order valence-corrected chi connectivity index (χ2v) is 8.95. The Morgan fingerprint density at radius 3 is 2.50 bits per heavy atom. The van der Waals surface area contributed by atoms with Gasteiger partial charge in [-0.1, -0.05) is 45.0 Å². The molecule has 32 heavy (non-hydrogen) atoms. The van der Waals surface area contributed by atoms with Crippen molar-refractivity contribution in [2.75, 3.05) is 25.0 Å². The van der Waals surface area contributed by atoms with Crippen molar-refractivity contribution >= 4 is 17.8 Å². The highest BCUT2D eigenvalue weighted by atomic mass is 16.5. The molecule has 0 saturated carbocycles. The zero-order valence-electron chi connectivity index (χ0n) is 19.3. The summed E-state index contributed by atoms with van der Waals surface area (Å²) >= 11 is 0. The second-order valence-electron chi connectivity index (χ2n) is 8.95. The van der Waals surface area contributed by atoms with Crippen LogP contribution in [-0.4, -0.2) is 41.7 Å². The van der Waals surface area contributed by atoms with Crippen LogP contribution in [0.5, 0.6) is 0 Å². The number of aromatic nitrogens is 2. The summed E-state index contributed by atoms with van der Waals surface area (Å²) in [6.45, 7) is 9.00. The van der Waals surface area contributed by atoms with Gasteiger partial charge >= 0.3 is 12.0 Å². The van der Waals surface area contributed by atoms with Crippen LogP contribution in [0.4, 0.5) is 10.6 Å². The summed E-state index contributed by atoms with van der Waals surface area (Å²) in [5, 5.41) is 8.83. The maximum Gasteiger partial charge on any atom is 0.325 e. The van der Waals surface area contributed by atoms with Crippen LogP contribution in [0.25, 0.3) is 0 Å². The van der Waals surface area contributed by atoms with Gasteiger partial charge < -0.3 is 20.7 Å². The normalized spacial score (nSPS) is 17.2. The Balaban J connectivity index is 1.59. The van der Waals surface area contributed by atoms with E-state index < -0.39 is 5.97 Å². The smallest absolute Gasteiger partial charge is 0.325 e. The molecule has 3 rings (SSSR count). The van der Waals surface area contributed by atoms with Crippen LogP contribution in [0.15, 0.2) is 36.7 Å². The summed E-state index contributed by atoms with van der Waals surface area (Å²) in [6.07, 6.45) is 5.03. The van der Waals surface area contributed by atoms with Crippen molar-refractivity contribution in [3.63, 3.8) is 0 Å². The van der Waals surface area contributed by atoms with E-state index >= 15 is 0 Å². The lowest BCUT2D eigenvalue weighted by atomic mass is 9.84. The molecule has 2 heterocycles. The predicted octanol–water partition coefficient (Wildman–Crippen LogP) is 3.67. The number of hydrogen-bond acceptors (Lipinski definition) is 6. The number of fused-ring (bicyclic) bond motifs is 1. The minimum Gasteiger partial charge on any atom is -0.465 e. The Labute approximate surface area is 189 Å². The van der Waals surface area contributed by atoms with Crippen LogP contribution >= 0.6 is 0 Å². The summed E-state index contributed by atoms with van der Waals surface area (Å²) in [4.78, 5) is 32.2. The highest BCUT2D eigenvalue weighted by molar-refractivity contribution is 5.80. The van der Waals surface area contributed by atoms with E-state index in [0.29, 0.717) is 13.2 Å². The molecule has 0 aliphatic carbocycles. The summed E-state index contributed by atoms with van der Waals surface area (Å²) in [6, 6.07) is 8.44. The third kappa shape index (κ3) is 5.96. The van der Waals surface area contributed by atoms with Crippen LogP contribution in [0.2, 0.25) is 0 Å². The van der Waals surface area contributed by atoms with Gasteiger partial charge in [-0.2, -0.15) is 0 Å². The minimum absolute atomic E-state index is 0.0825. The van der Waals surface area contributed by atoms with Gasteiger partial charge in [0.1, 0.15) is 12.4 Å². The summed E-state index contributed by atoms with van der Waals surface area (Å²) in [5.41, 5.74) is 3.56. The van der Waals surface area contributed by atoms with E-state index in [1.165, 1.54) is 11.1 Å². The lowest BCUT2D eigenvalue weighted by molar-refractivity contribution is -0.141. The molecule has 0 radical (unpaired) electrons. The van der Waals surface area contributed by atoms with Gasteiger partial charge in [0.05, 0.1) is 18.3 Å². The van der Waals surface area contributed by atoms with E-state index in [1.54, 1.807) is 19.3 Å². The molecule has 2 aromatic rings. The first-order valence-corrected chi connectivity index (χ1v) is 11.1. The number of rotatable bonds is 8. The lowest BCUT2D eigenvalue weighted by Gasteiger charge is -2.23. The molecule has 8 nitrogen and oxygen atoms in total. The number of amides is 2. The topological polar surface area (TPSA) is 105 Å². The van der Waals surface area contributed by atoms with Crippen LogP contribution in [-0.2, 0) is 14.9 Å². The van der Waals surface area contributed by atoms with Crippen molar-refractivity contribution in [3.05, 3.63) is 53.5 Å². The van der Waals surface area contributed by atoms with Crippen molar-refractivity contribution < 1.29 is 14.3 Å². The quantitative estimate of drug-likeness (QED) is 0.428. The average Bonchev–Trinajstić information content (AvgIpc) is 3.13. The van der Waals surface area contributed by atoms with Crippen molar-refractivity contribution in [1.29, 1.82) is 0 Å². The first-order chi connectivity index (χ1) is 15.3. The molecule has 2 amide bonds. The molecular formula is C24H33N5O3. The first kappa shape index (κ1) is 23.5. The highest BCUT2D eigenvalue weighted by Gasteiger charge is 2.35. The molecule has 0 fully saturated rings. The molecule has 3 N–H and O–H groups in total.